The van der Waals surface area contributed by atoms with E-state index in [1.54, 1.807) is 0 Å². The highest BCUT2D eigenvalue weighted by Crippen LogP contribution is 2.51. The van der Waals surface area contributed by atoms with Crippen molar-refractivity contribution in [3.63, 3.8) is 0 Å². The van der Waals surface area contributed by atoms with E-state index >= 15 is 0 Å². The van der Waals surface area contributed by atoms with Crippen molar-refractivity contribution >= 4 is 5.69 Å². The predicted molar refractivity (Wildman–Crippen MR) is 104 cm³/mol. The summed E-state index contributed by atoms with van der Waals surface area (Å²) in [6.45, 7) is 7.35. The minimum Gasteiger partial charge on any atom is -0.504 e. The lowest BCUT2D eigenvalue weighted by atomic mass is 9.75. The average Bonchev–Trinajstić information content (AvgIpc) is 2.64. The highest BCUT2D eigenvalue weighted by molar-refractivity contribution is 5.60. The van der Waals surface area contributed by atoms with E-state index in [-0.39, 0.29) is 35.0 Å². The van der Waals surface area contributed by atoms with Gasteiger partial charge in [-0.15, -0.1) is 0 Å². The minimum absolute atomic E-state index is 0.0274. The average molecular weight is 369 g/mol. The molecule has 2 heterocycles. The third-order valence-electron chi connectivity index (χ3n) is 5.78. The molecule has 4 rings (SSSR count). The smallest absolute Gasteiger partial charge is 0.200 e. The molecule has 0 aromatic heterocycles. The van der Waals surface area contributed by atoms with Crippen molar-refractivity contribution in [2.24, 2.45) is 5.92 Å². The Bertz CT molecular complexity index is 848. The van der Waals surface area contributed by atoms with Crippen LogP contribution < -0.4 is 5.32 Å². The quantitative estimate of drug-likeness (QED) is 0.546. The molecule has 0 amide bonds. The Morgan fingerprint density at radius 2 is 1.74 bits per heavy atom. The first-order chi connectivity index (χ1) is 12.8. The molecule has 5 heteroatoms. The number of anilines is 1. The summed E-state index contributed by atoms with van der Waals surface area (Å²) in [5.74, 6) is -0.922. The van der Waals surface area contributed by atoms with E-state index in [4.69, 9.17) is 4.74 Å². The fraction of sp³-hybridized carbons (Fsp3) is 0.455. The van der Waals surface area contributed by atoms with Crippen LogP contribution in [0.4, 0.5) is 5.69 Å². The molecule has 27 heavy (non-hydrogen) atoms. The Morgan fingerprint density at radius 1 is 1.04 bits per heavy atom. The van der Waals surface area contributed by atoms with Gasteiger partial charge in [-0.2, -0.15) is 0 Å². The Kier molecular flexibility index (Phi) is 4.22. The number of phenolic OH excluding ortho intramolecular Hbond substituents is 3. The van der Waals surface area contributed by atoms with Gasteiger partial charge in [0.05, 0.1) is 12.1 Å². The van der Waals surface area contributed by atoms with Gasteiger partial charge in [0.25, 0.3) is 0 Å². The first-order valence-corrected chi connectivity index (χ1v) is 9.53. The fourth-order valence-electron chi connectivity index (χ4n) is 4.27. The van der Waals surface area contributed by atoms with Crippen LogP contribution in [0, 0.1) is 5.92 Å². The fourth-order valence-corrected chi connectivity index (χ4v) is 4.27. The highest BCUT2D eigenvalue weighted by Gasteiger charge is 2.40. The van der Waals surface area contributed by atoms with E-state index in [1.165, 1.54) is 23.3 Å². The summed E-state index contributed by atoms with van der Waals surface area (Å²) in [6, 6.07) is 9.41. The van der Waals surface area contributed by atoms with Crippen molar-refractivity contribution < 1.29 is 20.1 Å². The Balaban J connectivity index is 1.79. The van der Waals surface area contributed by atoms with Crippen molar-refractivity contribution in [2.75, 3.05) is 11.9 Å². The van der Waals surface area contributed by atoms with E-state index in [1.807, 2.05) is 0 Å². The molecule has 0 spiro atoms. The van der Waals surface area contributed by atoms with Crippen LogP contribution in [0.5, 0.6) is 17.2 Å². The van der Waals surface area contributed by atoms with Crippen molar-refractivity contribution in [2.45, 2.75) is 51.2 Å². The molecule has 2 aliphatic rings. The monoisotopic (exact) mass is 369 g/mol. The number of phenols is 3. The summed E-state index contributed by atoms with van der Waals surface area (Å²) in [7, 11) is 0. The van der Waals surface area contributed by atoms with Gasteiger partial charge in [-0.25, -0.2) is 0 Å². The second-order valence-electron chi connectivity index (χ2n) is 8.68. The van der Waals surface area contributed by atoms with Crippen molar-refractivity contribution in [3.05, 3.63) is 47.0 Å². The molecule has 1 fully saturated rings. The molecule has 2 aromatic rings. The van der Waals surface area contributed by atoms with Crippen LogP contribution in [0.1, 0.15) is 62.4 Å². The SMILES string of the molecule is CC(C)(C)c1ccc2c(c1)[C@H]1OCCC[C@H]1[C@H](c1cc(O)c(O)c(O)c1)N2. The largest absolute Gasteiger partial charge is 0.504 e. The van der Waals surface area contributed by atoms with Crippen LogP contribution in [0.3, 0.4) is 0 Å². The summed E-state index contributed by atoms with van der Waals surface area (Å²) in [5.41, 5.74) is 4.27. The zero-order valence-electron chi connectivity index (χ0n) is 16.0. The third kappa shape index (κ3) is 3.10. The third-order valence-corrected chi connectivity index (χ3v) is 5.78. The van der Waals surface area contributed by atoms with Gasteiger partial charge in [-0.3, -0.25) is 0 Å². The van der Waals surface area contributed by atoms with Gasteiger partial charge in [-0.05, 0) is 47.6 Å². The first kappa shape index (κ1) is 18.0. The molecular formula is C22H27NO4. The second kappa shape index (κ2) is 6.34. The van der Waals surface area contributed by atoms with Gasteiger partial charge < -0.3 is 25.4 Å². The van der Waals surface area contributed by atoms with Crippen molar-refractivity contribution in [3.8, 4) is 17.2 Å². The Hall–Kier alpha value is -2.40. The van der Waals surface area contributed by atoms with Gasteiger partial charge in [0.2, 0.25) is 0 Å². The van der Waals surface area contributed by atoms with E-state index in [2.05, 4.69) is 44.3 Å². The Morgan fingerprint density at radius 3 is 2.41 bits per heavy atom. The first-order valence-electron chi connectivity index (χ1n) is 9.53. The maximum Gasteiger partial charge on any atom is 0.200 e. The molecule has 3 atom stereocenters. The predicted octanol–water partition coefficient (Wildman–Crippen LogP) is 4.74. The molecule has 4 N–H and O–H groups in total. The van der Waals surface area contributed by atoms with Gasteiger partial charge in [0, 0.05) is 23.8 Å². The molecular weight excluding hydrogens is 342 g/mol. The van der Waals surface area contributed by atoms with E-state index in [0.717, 1.165) is 30.7 Å². The van der Waals surface area contributed by atoms with Crippen LogP contribution in [0.2, 0.25) is 0 Å². The van der Waals surface area contributed by atoms with E-state index in [0.29, 0.717) is 0 Å². The summed E-state index contributed by atoms with van der Waals surface area (Å²) in [5, 5.41) is 33.2. The lowest BCUT2D eigenvalue weighted by Crippen LogP contribution is -2.36. The summed E-state index contributed by atoms with van der Waals surface area (Å²) in [4.78, 5) is 0. The molecule has 1 saturated heterocycles. The van der Waals surface area contributed by atoms with Crippen LogP contribution in [-0.4, -0.2) is 21.9 Å². The van der Waals surface area contributed by atoms with Gasteiger partial charge in [0.1, 0.15) is 0 Å². The van der Waals surface area contributed by atoms with Crippen LogP contribution >= 0.6 is 0 Å². The number of benzene rings is 2. The van der Waals surface area contributed by atoms with E-state index in [9.17, 15) is 15.3 Å². The lowest BCUT2D eigenvalue weighted by molar-refractivity contribution is -0.0382. The van der Waals surface area contributed by atoms with E-state index < -0.39 is 5.75 Å². The topological polar surface area (TPSA) is 82.0 Å². The summed E-state index contributed by atoms with van der Waals surface area (Å²) in [6.07, 6.45) is 1.94. The number of fused-ring (bicyclic) bond motifs is 3. The molecule has 5 nitrogen and oxygen atoms in total. The van der Waals surface area contributed by atoms with Gasteiger partial charge >= 0.3 is 0 Å². The normalized spacial score (nSPS) is 24.6. The van der Waals surface area contributed by atoms with Gasteiger partial charge in [0.15, 0.2) is 17.2 Å². The Labute approximate surface area is 159 Å². The second-order valence-corrected chi connectivity index (χ2v) is 8.68. The van der Waals surface area contributed by atoms with Gasteiger partial charge in [-0.1, -0.05) is 32.9 Å². The maximum absolute atomic E-state index is 9.96. The molecule has 2 aliphatic heterocycles. The zero-order chi connectivity index (χ0) is 19.3. The number of rotatable bonds is 1. The molecule has 144 valence electrons. The number of nitrogens with one attached hydrogen (secondary N) is 1. The standard InChI is InChI=1S/C22H27NO4/c1-22(2,3)13-6-7-16-15(11-13)21-14(5-4-8-27-21)19(23-16)12-9-17(24)20(26)18(25)10-12/h6-7,9-11,14,19,21,23-26H,4-5,8H2,1-3H3/t14-,19-,21-/m0/s1. The molecule has 2 aromatic carbocycles. The number of aromatic hydroxyl groups is 3. The molecule has 0 aliphatic carbocycles. The number of ether oxygens (including phenoxy) is 1. The minimum atomic E-state index is -0.485. The maximum atomic E-state index is 9.96. The zero-order valence-corrected chi connectivity index (χ0v) is 16.0. The number of hydrogen-bond acceptors (Lipinski definition) is 5. The van der Waals surface area contributed by atoms with Crippen molar-refractivity contribution in [1.82, 2.24) is 0 Å². The summed E-state index contributed by atoms with van der Waals surface area (Å²) >= 11 is 0. The number of hydrogen-bond donors (Lipinski definition) is 4. The van der Waals surface area contributed by atoms with Crippen LogP contribution in [-0.2, 0) is 10.2 Å². The molecule has 0 unspecified atom stereocenters. The highest BCUT2D eigenvalue weighted by atomic mass is 16.5. The van der Waals surface area contributed by atoms with Crippen LogP contribution in [0.15, 0.2) is 30.3 Å². The molecule has 0 bridgehead atoms. The molecule has 0 radical (unpaired) electrons. The summed E-state index contributed by atoms with van der Waals surface area (Å²) < 4.78 is 6.20. The van der Waals surface area contributed by atoms with Crippen molar-refractivity contribution in [1.29, 1.82) is 0 Å². The van der Waals surface area contributed by atoms with Crippen LogP contribution in [0.25, 0.3) is 0 Å². The lowest BCUT2D eigenvalue weighted by Gasteiger charge is -2.44. The molecule has 0 saturated carbocycles.